The molecule has 2 aliphatic rings. The zero-order valence-corrected chi connectivity index (χ0v) is 15.5. The molecule has 1 N–H and O–H groups in total. The van der Waals surface area contributed by atoms with Crippen LogP contribution in [0.1, 0.15) is 60.4 Å². The number of hydrogen-bond donors (Lipinski definition) is 1. The molecule has 0 bridgehead atoms. The zero-order chi connectivity index (χ0) is 17.3. The summed E-state index contributed by atoms with van der Waals surface area (Å²) in [7, 11) is 0. The van der Waals surface area contributed by atoms with E-state index < -0.39 is 0 Å². The molecule has 2 unspecified atom stereocenters. The zero-order valence-electron chi connectivity index (χ0n) is 15.5. The molecule has 0 radical (unpaired) electrons. The van der Waals surface area contributed by atoms with E-state index >= 15 is 0 Å². The average Bonchev–Trinajstić information content (AvgIpc) is 2.59. The first kappa shape index (κ1) is 17.2. The van der Waals surface area contributed by atoms with Crippen molar-refractivity contribution in [2.45, 2.75) is 65.9 Å². The fraction of sp³-hybridized carbons (Fsp3) is 0.600. The Morgan fingerprint density at radius 3 is 2.75 bits per heavy atom. The van der Waals surface area contributed by atoms with Crippen LogP contribution in [0, 0.1) is 20.8 Å². The number of ether oxygens (including phenoxy) is 2. The van der Waals surface area contributed by atoms with Gasteiger partial charge in [0.2, 0.25) is 0 Å². The van der Waals surface area contributed by atoms with Crippen LogP contribution in [0.2, 0.25) is 0 Å². The molecule has 0 spiro atoms. The van der Waals surface area contributed by atoms with E-state index in [0.29, 0.717) is 25.1 Å². The molecule has 2 atom stereocenters. The Morgan fingerprint density at radius 1 is 1.25 bits per heavy atom. The quantitative estimate of drug-likeness (QED) is 0.840. The normalized spacial score (nSPS) is 24.4. The highest BCUT2D eigenvalue weighted by molar-refractivity contribution is 5.48. The lowest BCUT2D eigenvalue weighted by atomic mass is 9.76. The number of fused-ring (bicyclic) bond motifs is 3. The van der Waals surface area contributed by atoms with Gasteiger partial charge in [-0.15, -0.1) is 0 Å². The van der Waals surface area contributed by atoms with Crippen LogP contribution in [0.25, 0.3) is 0 Å². The summed E-state index contributed by atoms with van der Waals surface area (Å²) in [5.41, 5.74) is 11.0. The van der Waals surface area contributed by atoms with Gasteiger partial charge in [-0.2, -0.15) is 0 Å². The van der Waals surface area contributed by atoms with Crippen LogP contribution >= 0.6 is 0 Å². The Balaban J connectivity index is 1.87. The van der Waals surface area contributed by atoms with Gasteiger partial charge in [0.15, 0.2) is 0 Å². The third kappa shape index (κ3) is 3.00. The van der Waals surface area contributed by atoms with Crippen molar-refractivity contribution in [1.29, 1.82) is 0 Å². The number of allylic oxidation sites excluding steroid dienone is 1. The lowest BCUT2D eigenvalue weighted by molar-refractivity contribution is -0.0927. The van der Waals surface area contributed by atoms with E-state index in [1.807, 2.05) is 6.92 Å². The highest BCUT2D eigenvalue weighted by Gasteiger charge is 2.38. The van der Waals surface area contributed by atoms with Crippen molar-refractivity contribution in [3.05, 3.63) is 45.5 Å². The van der Waals surface area contributed by atoms with Gasteiger partial charge in [-0.05, 0) is 74.8 Å². The molecule has 0 aromatic heterocycles. The number of nitrogens with one attached hydrogen (secondary N) is 1. The first-order chi connectivity index (χ1) is 11.6. The molecule has 1 aromatic rings. The van der Waals surface area contributed by atoms with Gasteiger partial charge in [-0.1, -0.05) is 13.0 Å². The molecule has 4 nitrogen and oxygen atoms in total. The second-order valence-electron chi connectivity index (χ2n) is 6.78. The molecule has 1 saturated heterocycles. The molecule has 4 heteroatoms. The van der Waals surface area contributed by atoms with Gasteiger partial charge >= 0.3 is 5.95 Å². The Kier molecular flexibility index (Phi) is 5.04. The summed E-state index contributed by atoms with van der Waals surface area (Å²) in [5, 5.41) is 0. The topological polar surface area (TPSA) is 39.7 Å². The van der Waals surface area contributed by atoms with Crippen molar-refractivity contribution in [2.24, 2.45) is 0 Å². The second kappa shape index (κ2) is 7.06. The van der Waals surface area contributed by atoms with Crippen LogP contribution in [0.4, 0.5) is 0 Å². The largest absolute Gasteiger partial charge is 0.463 e. The molecule has 1 aliphatic carbocycles. The Morgan fingerprint density at radius 2 is 2.04 bits per heavy atom. The lowest BCUT2D eigenvalue weighted by Gasteiger charge is -2.40. The van der Waals surface area contributed by atoms with Gasteiger partial charge < -0.3 is 9.47 Å². The predicted molar refractivity (Wildman–Crippen MR) is 94.6 cm³/mol. The summed E-state index contributed by atoms with van der Waals surface area (Å²) in [4.78, 5) is 5.31. The Labute approximate surface area is 145 Å². The van der Waals surface area contributed by atoms with Crippen molar-refractivity contribution in [1.82, 2.24) is 5.48 Å². The molecular formula is C20H29NO3. The second-order valence-corrected chi connectivity index (χ2v) is 6.78. The van der Waals surface area contributed by atoms with Crippen LogP contribution in [0.15, 0.2) is 17.7 Å². The number of hydroxylamine groups is 1. The van der Waals surface area contributed by atoms with Crippen LogP contribution in [0.5, 0.6) is 0 Å². The standard InChI is InChI=1S/C20H29NO3/c1-6-17(21-23-7-2)20-22-11-16-18(24-20)9-8-15-10-12(3)13(4)14(5)19(15)16/h10,16,18,21H,6-9,11H2,1-5H3. The van der Waals surface area contributed by atoms with Crippen molar-refractivity contribution in [2.75, 3.05) is 13.2 Å². The fourth-order valence-corrected chi connectivity index (χ4v) is 3.84. The van der Waals surface area contributed by atoms with E-state index in [2.05, 4.69) is 39.2 Å². The number of rotatable bonds is 4. The van der Waals surface area contributed by atoms with Gasteiger partial charge in [0.25, 0.3) is 0 Å². The van der Waals surface area contributed by atoms with E-state index in [1.165, 1.54) is 27.8 Å². The van der Waals surface area contributed by atoms with Crippen LogP contribution in [0.3, 0.4) is 0 Å². The third-order valence-corrected chi connectivity index (χ3v) is 5.40. The van der Waals surface area contributed by atoms with Crippen molar-refractivity contribution in [3.8, 4) is 0 Å². The lowest BCUT2D eigenvalue weighted by Crippen LogP contribution is -2.37. The predicted octanol–water partition coefficient (Wildman–Crippen LogP) is 4.18. The summed E-state index contributed by atoms with van der Waals surface area (Å²) in [5.74, 6) is 0.930. The van der Waals surface area contributed by atoms with Crippen LogP contribution in [-0.4, -0.2) is 19.3 Å². The molecular weight excluding hydrogens is 302 g/mol. The number of hydrogen-bond acceptors (Lipinski definition) is 4. The Bertz CT molecular complexity index is 651. The molecule has 0 saturated carbocycles. The minimum Gasteiger partial charge on any atom is -0.463 e. The molecule has 1 fully saturated rings. The van der Waals surface area contributed by atoms with Crippen molar-refractivity contribution >= 4 is 0 Å². The van der Waals surface area contributed by atoms with Crippen LogP contribution < -0.4 is 5.48 Å². The maximum atomic E-state index is 6.24. The summed E-state index contributed by atoms with van der Waals surface area (Å²) in [6, 6.07) is 2.35. The third-order valence-electron chi connectivity index (χ3n) is 5.40. The van der Waals surface area contributed by atoms with Gasteiger partial charge in [-0.3, -0.25) is 10.3 Å². The van der Waals surface area contributed by atoms with E-state index in [0.717, 1.165) is 25.0 Å². The summed E-state index contributed by atoms with van der Waals surface area (Å²) in [6.07, 6.45) is 3.09. The van der Waals surface area contributed by atoms with Gasteiger partial charge in [0.1, 0.15) is 18.4 Å². The molecule has 24 heavy (non-hydrogen) atoms. The van der Waals surface area contributed by atoms with Gasteiger partial charge in [0.05, 0.1) is 12.5 Å². The van der Waals surface area contributed by atoms with Gasteiger partial charge in [-0.25, -0.2) is 0 Å². The summed E-state index contributed by atoms with van der Waals surface area (Å²) in [6.45, 7) is 12.0. The smallest absolute Gasteiger partial charge is 0.301 e. The maximum Gasteiger partial charge on any atom is 0.301 e. The average molecular weight is 331 g/mol. The minimum absolute atomic E-state index is 0.187. The fourth-order valence-electron chi connectivity index (χ4n) is 3.84. The molecule has 0 amide bonds. The van der Waals surface area contributed by atoms with E-state index in [-0.39, 0.29) is 6.10 Å². The van der Waals surface area contributed by atoms with E-state index in [1.54, 1.807) is 0 Å². The highest BCUT2D eigenvalue weighted by atomic mass is 16.7. The number of aryl methyl sites for hydroxylation is 2. The maximum absolute atomic E-state index is 6.24. The summed E-state index contributed by atoms with van der Waals surface area (Å²) >= 11 is 0. The van der Waals surface area contributed by atoms with Crippen molar-refractivity contribution < 1.29 is 14.3 Å². The first-order valence-electron chi connectivity index (χ1n) is 9.06. The highest BCUT2D eigenvalue weighted by Crippen LogP contribution is 2.41. The molecule has 132 valence electrons. The molecule has 1 heterocycles. The monoisotopic (exact) mass is 331 g/mol. The first-order valence-corrected chi connectivity index (χ1v) is 9.06. The minimum atomic E-state index is 0.187. The van der Waals surface area contributed by atoms with E-state index in [9.17, 15) is 0 Å². The molecule has 1 aromatic carbocycles. The Hall–Kier alpha value is -1.68. The number of benzene rings is 1. The molecule has 3 rings (SSSR count). The van der Waals surface area contributed by atoms with E-state index in [4.69, 9.17) is 14.3 Å². The summed E-state index contributed by atoms with van der Waals surface area (Å²) < 4.78 is 12.2. The van der Waals surface area contributed by atoms with Crippen molar-refractivity contribution in [3.63, 3.8) is 0 Å². The SMILES string of the molecule is CCONC(CC)=C1OCC2c3c(cc(C)c(C)c3C)CCC2O1. The van der Waals surface area contributed by atoms with Gasteiger partial charge in [0, 0.05) is 0 Å². The van der Waals surface area contributed by atoms with Crippen LogP contribution in [-0.2, 0) is 20.7 Å². The molecule has 1 aliphatic heterocycles.